The highest BCUT2D eigenvalue weighted by Crippen LogP contribution is 2.29. The first-order valence-electron chi connectivity index (χ1n) is 8.51. The Morgan fingerprint density at radius 1 is 1.08 bits per heavy atom. The van der Waals surface area contributed by atoms with Gasteiger partial charge in [-0.25, -0.2) is 9.97 Å². The van der Waals surface area contributed by atoms with Crippen molar-refractivity contribution in [2.24, 2.45) is 5.92 Å². The molecule has 1 aliphatic heterocycles. The van der Waals surface area contributed by atoms with Gasteiger partial charge in [0.15, 0.2) is 0 Å². The predicted molar refractivity (Wildman–Crippen MR) is 99.7 cm³/mol. The van der Waals surface area contributed by atoms with Crippen molar-refractivity contribution in [2.45, 2.75) is 6.42 Å². The van der Waals surface area contributed by atoms with E-state index in [1.54, 1.807) is 11.2 Å². The summed E-state index contributed by atoms with van der Waals surface area (Å²) < 4.78 is 0. The highest BCUT2D eigenvalue weighted by atomic mass is 16.2. The predicted octanol–water partition coefficient (Wildman–Crippen LogP) is 3.12. The summed E-state index contributed by atoms with van der Waals surface area (Å²) in [7, 11) is 1.85. The van der Waals surface area contributed by atoms with Crippen molar-refractivity contribution in [3.8, 4) is 0 Å². The van der Waals surface area contributed by atoms with Crippen molar-refractivity contribution in [3.63, 3.8) is 0 Å². The standard InChI is InChI=1S/C20H20N4O/c1-23(16-7-3-2-4-8-16)20(25)15-11-12-24(13-15)19-17-9-5-6-10-18(17)21-14-22-19/h2-10,14-15H,11-13H2,1H3. The molecule has 5 nitrogen and oxygen atoms in total. The molecule has 0 saturated carbocycles. The molecule has 126 valence electrons. The van der Waals surface area contributed by atoms with Gasteiger partial charge >= 0.3 is 0 Å². The van der Waals surface area contributed by atoms with E-state index >= 15 is 0 Å². The molecular formula is C20H20N4O. The second-order valence-corrected chi connectivity index (χ2v) is 6.38. The quantitative estimate of drug-likeness (QED) is 0.739. The highest BCUT2D eigenvalue weighted by Gasteiger charge is 2.32. The Kier molecular flexibility index (Phi) is 4.06. The van der Waals surface area contributed by atoms with Crippen molar-refractivity contribution >= 4 is 28.3 Å². The first-order chi connectivity index (χ1) is 12.2. The van der Waals surface area contributed by atoms with Gasteiger partial charge in [-0.15, -0.1) is 0 Å². The molecule has 0 N–H and O–H groups in total. The Hall–Kier alpha value is -2.95. The molecule has 1 amide bonds. The van der Waals surface area contributed by atoms with E-state index in [0.717, 1.165) is 35.4 Å². The summed E-state index contributed by atoms with van der Waals surface area (Å²) in [6, 6.07) is 17.8. The molecule has 1 unspecified atom stereocenters. The Labute approximate surface area is 146 Å². The minimum absolute atomic E-state index is 0.0149. The zero-order valence-corrected chi connectivity index (χ0v) is 14.2. The van der Waals surface area contributed by atoms with Crippen LogP contribution in [-0.2, 0) is 4.79 Å². The lowest BCUT2D eigenvalue weighted by Gasteiger charge is -2.22. The van der Waals surface area contributed by atoms with Gasteiger partial charge in [-0.3, -0.25) is 4.79 Å². The average Bonchev–Trinajstić information content (AvgIpc) is 3.17. The number of hydrogen-bond donors (Lipinski definition) is 0. The van der Waals surface area contributed by atoms with Crippen molar-refractivity contribution in [2.75, 3.05) is 29.9 Å². The third-order valence-electron chi connectivity index (χ3n) is 4.83. The fourth-order valence-electron chi connectivity index (χ4n) is 3.45. The summed E-state index contributed by atoms with van der Waals surface area (Å²) in [6.45, 7) is 1.52. The van der Waals surface area contributed by atoms with Gasteiger partial charge in [0, 0.05) is 31.2 Å². The number of para-hydroxylation sites is 2. The van der Waals surface area contributed by atoms with Gasteiger partial charge in [0.25, 0.3) is 0 Å². The Balaban J connectivity index is 1.54. The lowest BCUT2D eigenvalue weighted by molar-refractivity contribution is -0.121. The molecule has 0 aliphatic carbocycles. The molecule has 25 heavy (non-hydrogen) atoms. The fourth-order valence-corrected chi connectivity index (χ4v) is 3.45. The zero-order chi connectivity index (χ0) is 17.2. The number of rotatable bonds is 3. The third-order valence-corrected chi connectivity index (χ3v) is 4.83. The van der Waals surface area contributed by atoms with E-state index < -0.39 is 0 Å². The third kappa shape index (κ3) is 2.93. The van der Waals surface area contributed by atoms with Gasteiger partial charge in [-0.1, -0.05) is 30.3 Å². The SMILES string of the molecule is CN(C(=O)C1CCN(c2ncnc3ccccc23)C1)c1ccccc1. The monoisotopic (exact) mass is 332 g/mol. The maximum Gasteiger partial charge on any atom is 0.231 e. The molecule has 4 rings (SSSR count). The second kappa shape index (κ2) is 6.51. The van der Waals surface area contributed by atoms with E-state index in [2.05, 4.69) is 14.9 Å². The maximum absolute atomic E-state index is 12.9. The van der Waals surface area contributed by atoms with Crippen LogP contribution in [0.5, 0.6) is 0 Å². The number of benzene rings is 2. The molecule has 0 bridgehead atoms. The number of fused-ring (bicyclic) bond motifs is 1. The molecule has 1 aliphatic rings. The van der Waals surface area contributed by atoms with Gasteiger partial charge in [0.2, 0.25) is 5.91 Å². The summed E-state index contributed by atoms with van der Waals surface area (Å²) in [5, 5.41) is 1.04. The summed E-state index contributed by atoms with van der Waals surface area (Å²) in [4.78, 5) is 25.6. The van der Waals surface area contributed by atoms with E-state index in [9.17, 15) is 4.79 Å². The summed E-state index contributed by atoms with van der Waals surface area (Å²) in [5.74, 6) is 1.06. The van der Waals surface area contributed by atoms with Crippen LogP contribution in [0.2, 0.25) is 0 Å². The van der Waals surface area contributed by atoms with E-state index in [0.29, 0.717) is 6.54 Å². The zero-order valence-electron chi connectivity index (χ0n) is 14.2. The lowest BCUT2D eigenvalue weighted by atomic mass is 10.1. The van der Waals surface area contributed by atoms with Crippen LogP contribution in [0.4, 0.5) is 11.5 Å². The van der Waals surface area contributed by atoms with Gasteiger partial charge in [0.1, 0.15) is 12.1 Å². The van der Waals surface area contributed by atoms with Crippen molar-refractivity contribution in [1.29, 1.82) is 0 Å². The van der Waals surface area contributed by atoms with E-state index in [4.69, 9.17) is 0 Å². The molecule has 5 heteroatoms. The van der Waals surface area contributed by atoms with Crippen LogP contribution in [-0.4, -0.2) is 36.0 Å². The van der Waals surface area contributed by atoms with Crippen LogP contribution >= 0.6 is 0 Å². The molecular weight excluding hydrogens is 312 g/mol. The number of carbonyl (C=O) groups is 1. The molecule has 1 fully saturated rings. The molecule has 2 aromatic carbocycles. The first-order valence-corrected chi connectivity index (χ1v) is 8.51. The topological polar surface area (TPSA) is 49.3 Å². The molecule has 1 aromatic heterocycles. The van der Waals surface area contributed by atoms with E-state index in [1.165, 1.54) is 0 Å². The normalized spacial score (nSPS) is 17.0. The second-order valence-electron chi connectivity index (χ2n) is 6.38. The van der Waals surface area contributed by atoms with Gasteiger partial charge in [-0.2, -0.15) is 0 Å². The van der Waals surface area contributed by atoms with Crippen LogP contribution in [0.3, 0.4) is 0 Å². The van der Waals surface area contributed by atoms with Gasteiger partial charge < -0.3 is 9.80 Å². The fraction of sp³-hybridized carbons (Fsp3) is 0.250. The largest absolute Gasteiger partial charge is 0.355 e. The molecule has 1 atom stereocenters. The molecule has 1 saturated heterocycles. The minimum Gasteiger partial charge on any atom is -0.355 e. The summed E-state index contributed by atoms with van der Waals surface area (Å²) in [6.07, 6.45) is 2.44. The van der Waals surface area contributed by atoms with E-state index in [1.807, 2.05) is 61.6 Å². The van der Waals surface area contributed by atoms with Crippen LogP contribution in [0.25, 0.3) is 10.9 Å². The van der Waals surface area contributed by atoms with Crippen molar-refractivity contribution < 1.29 is 4.79 Å². The number of aromatic nitrogens is 2. The number of nitrogens with zero attached hydrogens (tertiary/aromatic N) is 4. The first kappa shape index (κ1) is 15.6. The Bertz CT molecular complexity index is 891. The summed E-state index contributed by atoms with van der Waals surface area (Å²) in [5.41, 5.74) is 1.86. The van der Waals surface area contributed by atoms with E-state index in [-0.39, 0.29) is 11.8 Å². The number of hydrogen-bond acceptors (Lipinski definition) is 4. The molecule has 0 radical (unpaired) electrons. The Morgan fingerprint density at radius 3 is 2.68 bits per heavy atom. The van der Waals surface area contributed by atoms with Crippen molar-refractivity contribution in [3.05, 3.63) is 60.9 Å². The Morgan fingerprint density at radius 2 is 1.84 bits per heavy atom. The minimum atomic E-state index is -0.0149. The average molecular weight is 332 g/mol. The number of carbonyl (C=O) groups excluding carboxylic acids is 1. The van der Waals surface area contributed by atoms with Crippen LogP contribution in [0.15, 0.2) is 60.9 Å². The van der Waals surface area contributed by atoms with Crippen molar-refractivity contribution in [1.82, 2.24) is 9.97 Å². The molecule has 0 spiro atoms. The lowest BCUT2D eigenvalue weighted by Crippen LogP contribution is -2.34. The van der Waals surface area contributed by atoms with Crippen LogP contribution in [0, 0.1) is 5.92 Å². The molecule has 3 aromatic rings. The molecule has 2 heterocycles. The van der Waals surface area contributed by atoms with Crippen LogP contribution in [0.1, 0.15) is 6.42 Å². The highest BCUT2D eigenvalue weighted by molar-refractivity contribution is 5.96. The summed E-state index contributed by atoms with van der Waals surface area (Å²) >= 11 is 0. The number of amides is 1. The van der Waals surface area contributed by atoms with Crippen LogP contribution < -0.4 is 9.80 Å². The van der Waals surface area contributed by atoms with Gasteiger partial charge in [0.05, 0.1) is 11.4 Å². The number of anilines is 2. The van der Waals surface area contributed by atoms with Gasteiger partial charge in [-0.05, 0) is 30.7 Å². The maximum atomic E-state index is 12.9. The smallest absolute Gasteiger partial charge is 0.231 e.